The molecule has 6 nitrogen and oxygen atoms in total. The highest BCUT2D eigenvalue weighted by Crippen LogP contribution is 2.39. The van der Waals surface area contributed by atoms with Crippen molar-refractivity contribution in [3.63, 3.8) is 0 Å². The van der Waals surface area contributed by atoms with Crippen molar-refractivity contribution < 1.29 is 24.2 Å². The summed E-state index contributed by atoms with van der Waals surface area (Å²) < 4.78 is 5.32. The van der Waals surface area contributed by atoms with E-state index in [2.05, 4.69) is 17.4 Å². The van der Waals surface area contributed by atoms with Crippen molar-refractivity contribution in [2.24, 2.45) is 11.8 Å². The predicted octanol–water partition coefficient (Wildman–Crippen LogP) is 6.47. The first-order chi connectivity index (χ1) is 16.5. The summed E-state index contributed by atoms with van der Waals surface area (Å²) >= 11 is 1.28. The molecule has 0 aliphatic heterocycles. The molecule has 2 N–H and O–H groups in total. The number of amides is 1. The number of nitrogens with one attached hydrogen (secondary N) is 1. The van der Waals surface area contributed by atoms with Crippen LogP contribution in [0.15, 0.2) is 29.6 Å². The number of carbonyl (C=O) groups excluding carboxylic acids is 2. The van der Waals surface area contributed by atoms with Crippen LogP contribution >= 0.6 is 11.3 Å². The van der Waals surface area contributed by atoms with E-state index >= 15 is 0 Å². The van der Waals surface area contributed by atoms with Gasteiger partial charge in [0, 0.05) is 10.9 Å². The summed E-state index contributed by atoms with van der Waals surface area (Å²) in [6.07, 6.45) is 8.99. The molecule has 2 aliphatic rings. The van der Waals surface area contributed by atoms with E-state index in [0.717, 1.165) is 24.0 Å². The Balaban J connectivity index is 1.59. The molecule has 182 valence electrons. The average Bonchev–Trinajstić information content (AvgIpc) is 3.28. The minimum atomic E-state index is -0.935. The number of esters is 1. The number of anilines is 1. The van der Waals surface area contributed by atoms with Crippen LogP contribution in [0.1, 0.15) is 86.6 Å². The lowest BCUT2D eigenvalue weighted by Gasteiger charge is -2.27. The normalized spacial score (nSPS) is 21.1. The number of thiophene rings is 1. The van der Waals surface area contributed by atoms with Gasteiger partial charge in [-0.1, -0.05) is 56.4 Å². The third-order valence-corrected chi connectivity index (χ3v) is 8.12. The van der Waals surface area contributed by atoms with Gasteiger partial charge in [0.25, 0.3) is 0 Å². The van der Waals surface area contributed by atoms with E-state index < -0.39 is 23.8 Å². The largest absolute Gasteiger partial charge is 0.481 e. The Bertz CT molecular complexity index is 1020. The lowest BCUT2D eigenvalue weighted by atomic mass is 9.78. The maximum atomic E-state index is 13.1. The summed E-state index contributed by atoms with van der Waals surface area (Å²) in [7, 11) is 0. The number of hydrogen-bond donors (Lipinski definition) is 2. The Labute approximate surface area is 204 Å². The van der Waals surface area contributed by atoms with Gasteiger partial charge in [-0.15, -0.1) is 11.3 Å². The van der Waals surface area contributed by atoms with Crippen molar-refractivity contribution in [2.45, 2.75) is 70.6 Å². The highest BCUT2D eigenvalue weighted by Gasteiger charge is 2.36. The SMILES string of the molecule is CCOC(=O)c1c(-c2ccc(C3CCCCC3)cc2)csc1NC(=O)[C@H]1CCCC[C@H]1C(=O)O. The molecule has 0 bridgehead atoms. The van der Waals surface area contributed by atoms with Crippen LogP contribution in [0.4, 0.5) is 5.00 Å². The Morgan fingerprint density at radius 3 is 2.26 bits per heavy atom. The zero-order valence-corrected chi connectivity index (χ0v) is 20.5. The summed E-state index contributed by atoms with van der Waals surface area (Å²) in [5.41, 5.74) is 3.31. The van der Waals surface area contributed by atoms with Crippen LogP contribution in [0.2, 0.25) is 0 Å². The lowest BCUT2D eigenvalue weighted by Crippen LogP contribution is -2.36. The van der Waals surface area contributed by atoms with E-state index in [9.17, 15) is 19.5 Å². The Hall–Kier alpha value is -2.67. The molecule has 1 aromatic heterocycles. The molecular weight excluding hydrogens is 450 g/mol. The van der Waals surface area contributed by atoms with Crippen molar-refractivity contribution >= 4 is 34.2 Å². The smallest absolute Gasteiger partial charge is 0.341 e. The molecule has 0 spiro atoms. The zero-order valence-electron chi connectivity index (χ0n) is 19.7. The molecule has 1 amide bonds. The van der Waals surface area contributed by atoms with Gasteiger partial charge in [-0.05, 0) is 49.7 Å². The number of hydrogen-bond acceptors (Lipinski definition) is 5. The zero-order chi connectivity index (χ0) is 24.1. The van der Waals surface area contributed by atoms with Crippen LogP contribution in [0, 0.1) is 11.8 Å². The number of carboxylic acid groups (broad SMARTS) is 1. The van der Waals surface area contributed by atoms with Crippen LogP contribution in [0.5, 0.6) is 0 Å². The first-order valence-electron chi connectivity index (χ1n) is 12.4. The molecule has 0 saturated heterocycles. The molecule has 1 aromatic carbocycles. The van der Waals surface area contributed by atoms with Gasteiger partial charge in [0.1, 0.15) is 10.6 Å². The number of ether oxygens (including phenoxy) is 1. The van der Waals surface area contributed by atoms with Gasteiger partial charge in [-0.2, -0.15) is 0 Å². The number of aliphatic carboxylic acids is 1. The third-order valence-electron chi connectivity index (χ3n) is 7.23. The maximum absolute atomic E-state index is 13.1. The molecule has 7 heteroatoms. The topological polar surface area (TPSA) is 92.7 Å². The third kappa shape index (κ3) is 5.35. The second kappa shape index (κ2) is 11.2. The van der Waals surface area contributed by atoms with Crippen molar-refractivity contribution in [3.8, 4) is 11.1 Å². The van der Waals surface area contributed by atoms with Gasteiger partial charge >= 0.3 is 11.9 Å². The van der Waals surface area contributed by atoms with Gasteiger partial charge in [0.05, 0.1) is 18.4 Å². The van der Waals surface area contributed by atoms with Crippen LogP contribution < -0.4 is 5.32 Å². The van der Waals surface area contributed by atoms with Crippen molar-refractivity contribution in [3.05, 3.63) is 40.8 Å². The van der Waals surface area contributed by atoms with Crippen molar-refractivity contribution in [1.82, 2.24) is 0 Å². The Kier molecular flexibility index (Phi) is 8.03. The number of carbonyl (C=O) groups is 3. The minimum Gasteiger partial charge on any atom is -0.481 e. The van der Waals surface area contributed by atoms with Gasteiger partial charge in [-0.25, -0.2) is 4.79 Å². The summed E-state index contributed by atoms with van der Waals surface area (Å²) in [6.45, 7) is 1.98. The molecule has 4 rings (SSSR count). The molecule has 34 heavy (non-hydrogen) atoms. The molecule has 1 heterocycles. The average molecular weight is 484 g/mol. The Morgan fingerprint density at radius 1 is 0.971 bits per heavy atom. The first kappa shape index (κ1) is 24.5. The van der Waals surface area contributed by atoms with Gasteiger partial charge in [0.15, 0.2) is 0 Å². The Morgan fingerprint density at radius 2 is 1.62 bits per heavy atom. The van der Waals surface area contributed by atoms with Gasteiger partial charge in [-0.3, -0.25) is 9.59 Å². The highest BCUT2D eigenvalue weighted by atomic mass is 32.1. The number of rotatable bonds is 7. The fourth-order valence-corrected chi connectivity index (χ4v) is 6.34. The van der Waals surface area contributed by atoms with Gasteiger partial charge < -0.3 is 15.2 Å². The molecule has 2 aromatic rings. The molecule has 0 unspecified atom stereocenters. The molecular formula is C27H33NO5S. The van der Waals surface area contributed by atoms with Crippen molar-refractivity contribution in [1.29, 1.82) is 0 Å². The lowest BCUT2D eigenvalue weighted by molar-refractivity contribution is -0.147. The van der Waals surface area contributed by atoms with Crippen LogP contribution in [-0.2, 0) is 14.3 Å². The van der Waals surface area contributed by atoms with Gasteiger partial charge in [0.2, 0.25) is 5.91 Å². The molecule has 2 atom stereocenters. The minimum absolute atomic E-state index is 0.228. The fourth-order valence-electron chi connectivity index (χ4n) is 5.38. The molecule has 2 fully saturated rings. The molecule has 2 saturated carbocycles. The molecule has 0 radical (unpaired) electrons. The van der Waals surface area contributed by atoms with E-state index in [1.807, 2.05) is 17.5 Å². The number of benzene rings is 1. The summed E-state index contributed by atoms with van der Waals surface area (Å²) in [5, 5.41) is 14.7. The van der Waals surface area contributed by atoms with E-state index in [0.29, 0.717) is 29.3 Å². The summed E-state index contributed by atoms with van der Waals surface area (Å²) in [6, 6.07) is 8.38. The predicted molar refractivity (Wildman–Crippen MR) is 133 cm³/mol. The maximum Gasteiger partial charge on any atom is 0.341 e. The summed E-state index contributed by atoms with van der Waals surface area (Å²) in [4.78, 5) is 37.6. The number of carboxylic acids is 1. The van der Waals surface area contributed by atoms with Crippen LogP contribution in [0.3, 0.4) is 0 Å². The second-order valence-corrected chi connectivity index (χ2v) is 10.2. The van der Waals surface area contributed by atoms with Crippen molar-refractivity contribution in [2.75, 3.05) is 11.9 Å². The van der Waals surface area contributed by atoms with E-state index in [4.69, 9.17) is 4.74 Å². The first-order valence-corrected chi connectivity index (χ1v) is 13.3. The second-order valence-electron chi connectivity index (χ2n) is 9.36. The quantitative estimate of drug-likeness (QED) is 0.440. The standard InChI is InChI=1S/C27H33NO5S/c1-2-33-27(32)23-22(19-14-12-18(13-15-19)17-8-4-3-5-9-17)16-34-25(23)28-24(29)20-10-6-7-11-21(20)26(30)31/h12-17,20-21H,2-11H2,1H3,(H,28,29)(H,30,31)/t20-,21+/m0/s1. The van der Waals surface area contributed by atoms with E-state index in [-0.39, 0.29) is 12.5 Å². The van der Waals surface area contributed by atoms with E-state index in [1.54, 1.807) is 6.92 Å². The van der Waals surface area contributed by atoms with E-state index in [1.165, 1.54) is 49.0 Å². The summed E-state index contributed by atoms with van der Waals surface area (Å²) in [5.74, 6) is -2.44. The molecule has 2 aliphatic carbocycles. The van der Waals surface area contributed by atoms with Crippen LogP contribution in [0.25, 0.3) is 11.1 Å². The monoisotopic (exact) mass is 483 g/mol. The highest BCUT2D eigenvalue weighted by molar-refractivity contribution is 7.15. The van der Waals surface area contributed by atoms with Crippen LogP contribution in [-0.4, -0.2) is 29.6 Å². The fraction of sp³-hybridized carbons (Fsp3) is 0.519.